The van der Waals surface area contributed by atoms with E-state index in [-0.39, 0.29) is 11.9 Å². The van der Waals surface area contributed by atoms with Crippen molar-refractivity contribution in [3.05, 3.63) is 95.6 Å². The van der Waals surface area contributed by atoms with E-state index < -0.39 is 6.04 Å². The molecule has 2 atom stereocenters. The molecule has 0 fully saturated rings. The van der Waals surface area contributed by atoms with E-state index in [1.807, 2.05) is 49.4 Å². The molecule has 0 saturated carbocycles. The predicted molar refractivity (Wildman–Crippen MR) is 114 cm³/mol. The van der Waals surface area contributed by atoms with E-state index in [9.17, 15) is 4.79 Å². The lowest BCUT2D eigenvalue weighted by Gasteiger charge is -2.24. The maximum absolute atomic E-state index is 12.8. The van der Waals surface area contributed by atoms with Crippen LogP contribution < -0.4 is 15.4 Å². The van der Waals surface area contributed by atoms with E-state index in [1.165, 1.54) is 5.56 Å². The standard InChI is InChI=1S/C24H26N2O2/c1-17-13-15-20(16-14-17)23(19-9-5-4-6-10-19)25-18(2)24(27)26-21-11-7-8-12-22(21)28-3/h4-16,18,23,25H,1-3H3,(H,26,27)/t18-,23+/m0/s1. The molecule has 2 N–H and O–H groups in total. The lowest BCUT2D eigenvalue weighted by Crippen LogP contribution is -2.40. The highest BCUT2D eigenvalue weighted by Crippen LogP contribution is 2.25. The molecular weight excluding hydrogens is 348 g/mol. The quantitative estimate of drug-likeness (QED) is 0.630. The summed E-state index contributed by atoms with van der Waals surface area (Å²) in [7, 11) is 1.59. The van der Waals surface area contributed by atoms with Crippen molar-refractivity contribution in [1.29, 1.82) is 0 Å². The number of rotatable bonds is 7. The maximum Gasteiger partial charge on any atom is 0.241 e. The second-order valence-electron chi connectivity index (χ2n) is 6.83. The minimum Gasteiger partial charge on any atom is -0.495 e. The number of ether oxygens (including phenoxy) is 1. The van der Waals surface area contributed by atoms with Gasteiger partial charge < -0.3 is 10.1 Å². The van der Waals surface area contributed by atoms with Crippen LogP contribution in [-0.2, 0) is 4.79 Å². The summed E-state index contributed by atoms with van der Waals surface area (Å²) in [4.78, 5) is 12.8. The van der Waals surface area contributed by atoms with Crippen molar-refractivity contribution < 1.29 is 9.53 Å². The number of aryl methyl sites for hydroxylation is 1. The Bertz CT molecular complexity index is 907. The molecular formula is C24H26N2O2. The average Bonchev–Trinajstić information content (AvgIpc) is 2.73. The van der Waals surface area contributed by atoms with Gasteiger partial charge in [-0.25, -0.2) is 0 Å². The summed E-state index contributed by atoms with van der Waals surface area (Å²) in [6.07, 6.45) is 0. The van der Waals surface area contributed by atoms with Crippen molar-refractivity contribution in [1.82, 2.24) is 5.32 Å². The van der Waals surface area contributed by atoms with Gasteiger partial charge in [0.05, 0.1) is 24.9 Å². The summed E-state index contributed by atoms with van der Waals surface area (Å²) >= 11 is 0. The molecule has 28 heavy (non-hydrogen) atoms. The van der Waals surface area contributed by atoms with Crippen molar-refractivity contribution in [2.75, 3.05) is 12.4 Å². The Hall–Kier alpha value is -3.11. The molecule has 3 aromatic rings. The van der Waals surface area contributed by atoms with Gasteiger partial charge in [0.25, 0.3) is 0 Å². The highest BCUT2D eigenvalue weighted by atomic mass is 16.5. The summed E-state index contributed by atoms with van der Waals surface area (Å²) in [5, 5.41) is 6.43. The molecule has 0 aliphatic heterocycles. The molecule has 0 unspecified atom stereocenters. The van der Waals surface area contributed by atoms with E-state index in [1.54, 1.807) is 7.11 Å². The fraction of sp³-hybridized carbons (Fsp3) is 0.208. The number of hydrogen-bond donors (Lipinski definition) is 2. The van der Waals surface area contributed by atoms with Gasteiger partial charge in [0.2, 0.25) is 5.91 Å². The molecule has 0 aromatic heterocycles. The van der Waals surface area contributed by atoms with Gasteiger partial charge in [-0.05, 0) is 37.1 Å². The first-order chi connectivity index (χ1) is 13.6. The molecule has 0 radical (unpaired) electrons. The number of benzene rings is 3. The Morgan fingerprint density at radius 2 is 1.46 bits per heavy atom. The van der Waals surface area contributed by atoms with Crippen LogP contribution in [0.5, 0.6) is 5.75 Å². The minimum absolute atomic E-state index is 0.0831. The third-order valence-corrected chi connectivity index (χ3v) is 4.72. The number of amides is 1. The highest BCUT2D eigenvalue weighted by molar-refractivity contribution is 5.95. The lowest BCUT2D eigenvalue weighted by atomic mass is 9.97. The topological polar surface area (TPSA) is 50.4 Å². The summed E-state index contributed by atoms with van der Waals surface area (Å²) in [5.41, 5.74) is 4.10. The van der Waals surface area contributed by atoms with Gasteiger partial charge in [-0.1, -0.05) is 72.3 Å². The first-order valence-electron chi connectivity index (χ1n) is 9.40. The van der Waals surface area contributed by atoms with Crippen LogP contribution in [0.4, 0.5) is 5.69 Å². The normalized spacial score (nSPS) is 12.8. The van der Waals surface area contributed by atoms with Crippen LogP contribution >= 0.6 is 0 Å². The molecule has 1 amide bonds. The molecule has 3 aromatic carbocycles. The van der Waals surface area contributed by atoms with Crippen LogP contribution in [-0.4, -0.2) is 19.1 Å². The monoisotopic (exact) mass is 374 g/mol. The van der Waals surface area contributed by atoms with Gasteiger partial charge in [-0.15, -0.1) is 0 Å². The minimum atomic E-state index is -0.406. The number of para-hydroxylation sites is 2. The Morgan fingerprint density at radius 1 is 0.857 bits per heavy atom. The lowest BCUT2D eigenvalue weighted by molar-refractivity contribution is -0.117. The number of carbonyl (C=O) groups is 1. The van der Waals surface area contributed by atoms with E-state index >= 15 is 0 Å². The zero-order valence-corrected chi connectivity index (χ0v) is 16.5. The van der Waals surface area contributed by atoms with Crippen LogP contribution in [0.2, 0.25) is 0 Å². The molecule has 0 spiro atoms. The first-order valence-corrected chi connectivity index (χ1v) is 9.40. The van der Waals surface area contributed by atoms with Gasteiger partial charge >= 0.3 is 0 Å². The predicted octanol–water partition coefficient (Wildman–Crippen LogP) is 4.71. The second-order valence-corrected chi connectivity index (χ2v) is 6.83. The fourth-order valence-electron chi connectivity index (χ4n) is 3.10. The summed E-state index contributed by atoms with van der Waals surface area (Å²) < 4.78 is 5.32. The summed E-state index contributed by atoms with van der Waals surface area (Å²) in [6, 6.07) is 25.5. The Balaban J connectivity index is 1.80. The molecule has 0 bridgehead atoms. The van der Waals surface area contributed by atoms with Crippen molar-refractivity contribution in [3.63, 3.8) is 0 Å². The van der Waals surface area contributed by atoms with Crippen molar-refractivity contribution in [2.45, 2.75) is 25.9 Å². The molecule has 0 aliphatic carbocycles. The Labute approximate surface area is 166 Å². The van der Waals surface area contributed by atoms with Crippen LogP contribution in [0.1, 0.15) is 29.7 Å². The maximum atomic E-state index is 12.8. The summed E-state index contributed by atoms with van der Waals surface area (Å²) in [5.74, 6) is 0.527. The largest absolute Gasteiger partial charge is 0.495 e. The molecule has 4 nitrogen and oxygen atoms in total. The molecule has 0 heterocycles. The zero-order valence-electron chi connectivity index (χ0n) is 16.5. The van der Waals surface area contributed by atoms with Gasteiger partial charge in [-0.2, -0.15) is 0 Å². The molecule has 0 saturated heterocycles. The second kappa shape index (κ2) is 9.20. The van der Waals surface area contributed by atoms with Crippen LogP contribution in [0.15, 0.2) is 78.9 Å². The smallest absolute Gasteiger partial charge is 0.241 e. The third-order valence-electron chi connectivity index (χ3n) is 4.72. The first kappa shape index (κ1) is 19.6. The van der Waals surface area contributed by atoms with Crippen molar-refractivity contribution in [3.8, 4) is 5.75 Å². The number of carbonyl (C=O) groups excluding carboxylic acids is 1. The van der Waals surface area contributed by atoms with Gasteiger partial charge in [-0.3, -0.25) is 10.1 Å². The molecule has 0 aliphatic rings. The number of anilines is 1. The van der Waals surface area contributed by atoms with Crippen molar-refractivity contribution in [2.24, 2.45) is 0 Å². The van der Waals surface area contributed by atoms with E-state index in [0.29, 0.717) is 11.4 Å². The van der Waals surface area contributed by atoms with Crippen LogP contribution in [0.3, 0.4) is 0 Å². The van der Waals surface area contributed by atoms with Crippen molar-refractivity contribution >= 4 is 11.6 Å². The van der Waals surface area contributed by atoms with E-state index in [4.69, 9.17) is 4.74 Å². The van der Waals surface area contributed by atoms with Gasteiger partial charge in [0.15, 0.2) is 0 Å². The Morgan fingerprint density at radius 3 is 2.14 bits per heavy atom. The SMILES string of the molecule is COc1ccccc1NC(=O)[C@H](C)N[C@H](c1ccccc1)c1ccc(C)cc1. The van der Waals surface area contributed by atoms with Crippen LogP contribution in [0.25, 0.3) is 0 Å². The van der Waals surface area contributed by atoms with Gasteiger partial charge in [0, 0.05) is 0 Å². The van der Waals surface area contributed by atoms with Crippen LogP contribution in [0, 0.1) is 6.92 Å². The number of nitrogens with one attached hydrogen (secondary N) is 2. The number of methoxy groups -OCH3 is 1. The van der Waals surface area contributed by atoms with E-state index in [2.05, 4.69) is 54.0 Å². The molecule has 3 rings (SSSR count). The van der Waals surface area contributed by atoms with E-state index in [0.717, 1.165) is 11.1 Å². The number of hydrogen-bond acceptors (Lipinski definition) is 3. The average molecular weight is 374 g/mol. The fourth-order valence-corrected chi connectivity index (χ4v) is 3.10. The Kier molecular flexibility index (Phi) is 6.45. The summed E-state index contributed by atoms with van der Waals surface area (Å²) in [6.45, 7) is 3.94. The zero-order chi connectivity index (χ0) is 19.9. The molecule has 144 valence electrons. The van der Waals surface area contributed by atoms with Gasteiger partial charge in [0.1, 0.15) is 5.75 Å². The third kappa shape index (κ3) is 4.78. The highest BCUT2D eigenvalue weighted by Gasteiger charge is 2.21. The molecule has 4 heteroatoms.